The van der Waals surface area contributed by atoms with Gasteiger partial charge < -0.3 is 9.11 Å². The van der Waals surface area contributed by atoms with E-state index in [-0.39, 0.29) is 37.7 Å². The summed E-state index contributed by atoms with van der Waals surface area (Å²) in [5.74, 6) is 0. The van der Waals surface area contributed by atoms with Crippen molar-refractivity contribution in [1.82, 2.24) is 0 Å². The fraction of sp³-hybridized carbons (Fsp3) is 0. The molecule has 0 saturated heterocycles. The molecule has 96 valence electrons. The Kier molecular flexibility index (Phi) is 6.56. The molecule has 2 aromatic rings. The van der Waals surface area contributed by atoms with Crippen LogP contribution in [0.1, 0.15) is 0 Å². The Morgan fingerprint density at radius 3 is 1.20 bits per heavy atom. The third-order valence-corrected chi connectivity index (χ3v) is 4.02. The second kappa shape index (κ2) is 6.65. The number of benzene rings is 2. The first-order chi connectivity index (χ1) is 8.18. The molecule has 0 aliphatic rings. The average Bonchev–Trinajstić information content (AvgIpc) is 2.25. The van der Waals surface area contributed by atoms with Crippen molar-refractivity contribution in [3.05, 3.63) is 36.4 Å². The van der Waals surface area contributed by atoms with Gasteiger partial charge in [-0.3, -0.25) is 0 Å². The summed E-state index contributed by atoms with van der Waals surface area (Å²) in [7, 11) is -9.13. The molecule has 0 bridgehead atoms. The molecule has 6 nitrogen and oxygen atoms in total. The minimum Gasteiger partial charge on any atom is -0.744 e. The van der Waals surface area contributed by atoms with E-state index in [0.717, 1.165) is 24.3 Å². The Bertz CT molecular complexity index is 759. The van der Waals surface area contributed by atoms with Crippen LogP contribution in [0.5, 0.6) is 0 Å². The number of hydrogen-bond donors (Lipinski definition) is 0. The third-order valence-electron chi connectivity index (χ3n) is 2.36. The van der Waals surface area contributed by atoms with E-state index in [9.17, 15) is 25.9 Å². The van der Waals surface area contributed by atoms with Crippen molar-refractivity contribution in [1.29, 1.82) is 0 Å². The summed E-state index contributed by atoms with van der Waals surface area (Å²) in [6, 6.07) is 6.92. The van der Waals surface area contributed by atoms with Crippen molar-refractivity contribution in [3.63, 3.8) is 0 Å². The van der Waals surface area contributed by atoms with E-state index in [1.165, 1.54) is 12.1 Å². The summed E-state index contributed by atoms with van der Waals surface area (Å²) in [4.78, 5) is -0.819. The maximum atomic E-state index is 10.8. The van der Waals surface area contributed by atoms with Gasteiger partial charge in [-0.25, -0.2) is 16.8 Å². The molecule has 20 heavy (non-hydrogen) atoms. The minimum atomic E-state index is -4.56. The van der Waals surface area contributed by atoms with Crippen molar-refractivity contribution < 1.29 is 63.7 Å². The molecule has 0 heterocycles. The minimum absolute atomic E-state index is 0. The molecular weight excluding hydrogens is 294 g/mol. The van der Waals surface area contributed by atoms with Crippen LogP contribution in [0.15, 0.2) is 46.2 Å². The zero-order valence-electron chi connectivity index (χ0n) is 10.7. The van der Waals surface area contributed by atoms with E-state index in [1.54, 1.807) is 0 Å². The molecule has 0 saturated carbocycles. The van der Waals surface area contributed by atoms with Gasteiger partial charge in [0.05, 0.1) is 9.79 Å². The van der Waals surface area contributed by atoms with E-state index in [0.29, 0.717) is 10.8 Å². The predicted molar refractivity (Wildman–Crippen MR) is 59.9 cm³/mol. The molecule has 0 amide bonds. The van der Waals surface area contributed by atoms with Crippen molar-refractivity contribution in [2.45, 2.75) is 9.79 Å². The Morgan fingerprint density at radius 1 is 0.650 bits per heavy atom. The van der Waals surface area contributed by atoms with Gasteiger partial charge in [-0.2, -0.15) is 0 Å². The number of fused-ring (bicyclic) bond motifs is 1. The van der Waals surface area contributed by atoms with Crippen molar-refractivity contribution in [2.75, 3.05) is 0 Å². The van der Waals surface area contributed by atoms with Crippen LogP contribution >= 0.6 is 0 Å². The molecule has 0 fully saturated rings. The predicted octanol–water partition coefficient (Wildman–Crippen LogP) is -5.34. The van der Waals surface area contributed by atoms with Crippen LogP contribution in [0, 0.1) is 0 Å². The topological polar surface area (TPSA) is 114 Å². The SMILES string of the molecule is O=S(=O)([O-])c1ccc2cc(S(=O)(=O)[O-])ccc2c1.[Li+].[Li+]. The van der Waals surface area contributed by atoms with Gasteiger partial charge in [0.2, 0.25) is 0 Å². The second-order valence-corrected chi connectivity index (χ2v) is 6.34. The van der Waals surface area contributed by atoms with Crippen molar-refractivity contribution >= 4 is 31.0 Å². The van der Waals surface area contributed by atoms with Crippen LogP contribution in [0.2, 0.25) is 0 Å². The molecule has 0 radical (unpaired) electrons. The monoisotopic (exact) mass is 300 g/mol. The number of hydrogen-bond acceptors (Lipinski definition) is 6. The van der Waals surface area contributed by atoms with E-state index in [2.05, 4.69) is 0 Å². The van der Waals surface area contributed by atoms with Gasteiger partial charge in [0.1, 0.15) is 20.2 Å². The number of rotatable bonds is 2. The van der Waals surface area contributed by atoms with Gasteiger partial charge in [0.15, 0.2) is 0 Å². The molecule has 2 aromatic carbocycles. The van der Waals surface area contributed by atoms with Crippen molar-refractivity contribution in [3.8, 4) is 0 Å². The molecule has 0 aliphatic heterocycles. The van der Waals surface area contributed by atoms with Gasteiger partial charge in [-0.15, -0.1) is 0 Å². The van der Waals surface area contributed by atoms with Crippen LogP contribution in [0.25, 0.3) is 10.8 Å². The second-order valence-electron chi connectivity index (χ2n) is 3.58. The fourth-order valence-corrected chi connectivity index (χ4v) is 2.52. The van der Waals surface area contributed by atoms with E-state index < -0.39 is 30.0 Å². The van der Waals surface area contributed by atoms with Gasteiger partial charge in [0.25, 0.3) is 0 Å². The first-order valence-corrected chi connectivity index (χ1v) is 7.45. The summed E-state index contributed by atoms with van der Waals surface area (Å²) in [6.07, 6.45) is 0. The van der Waals surface area contributed by atoms with Crippen molar-refractivity contribution in [2.24, 2.45) is 0 Å². The average molecular weight is 300 g/mol. The third kappa shape index (κ3) is 4.35. The van der Waals surface area contributed by atoms with Crippen LogP contribution in [0.4, 0.5) is 0 Å². The van der Waals surface area contributed by atoms with Gasteiger partial charge in [-0.1, -0.05) is 12.1 Å². The fourth-order valence-electron chi connectivity index (χ4n) is 1.51. The largest absolute Gasteiger partial charge is 1.00 e. The van der Waals surface area contributed by atoms with E-state index in [1.807, 2.05) is 0 Å². The van der Waals surface area contributed by atoms with Gasteiger partial charge in [-0.05, 0) is 35.0 Å². The molecule has 0 aliphatic carbocycles. The Labute approximate surface area is 140 Å². The summed E-state index contributed by atoms with van der Waals surface area (Å²) < 4.78 is 64.8. The molecule has 0 aromatic heterocycles. The molecule has 2 rings (SSSR count). The maximum Gasteiger partial charge on any atom is 1.00 e. The summed E-state index contributed by atoms with van der Waals surface area (Å²) >= 11 is 0. The zero-order valence-corrected chi connectivity index (χ0v) is 12.4. The van der Waals surface area contributed by atoms with E-state index >= 15 is 0 Å². The van der Waals surface area contributed by atoms with E-state index in [4.69, 9.17) is 0 Å². The first-order valence-electron chi connectivity index (χ1n) is 4.63. The maximum absolute atomic E-state index is 10.8. The normalized spacial score (nSPS) is 11.5. The first kappa shape index (κ1) is 19.7. The van der Waals surface area contributed by atoms with Crippen LogP contribution < -0.4 is 37.7 Å². The molecular formula is C10H6Li2O6S2. The standard InChI is InChI=1S/C10H8O6S2.2Li/c11-17(12,13)9-3-1-7-5-10(18(14,15)16)4-2-8(7)6-9;;/h1-6H,(H,11,12,13)(H,14,15,16);;/q;2*+1/p-2. The Morgan fingerprint density at radius 2 is 0.950 bits per heavy atom. The summed E-state index contributed by atoms with van der Waals surface area (Å²) in [6.45, 7) is 0. The molecule has 0 spiro atoms. The Balaban J connectivity index is 0.00000180. The Hall–Kier alpha value is -0.285. The van der Waals surface area contributed by atoms with Crippen LogP contribution in [-0.2, 0) is 20.2 Å². The van der Waals surface area contributed by atoms with Crippen LogP contribution in [0.3, 0.4) is 0 Å². The molecule has 10 heteroatoms. The quantitative estimate of drug-likeness (QED) is 0.404. The summed E-state index contributed by atoms with van der Waals surface area (Å²) in [5, 5.41) is 0.721. The smallest absolute Gasteiger partial charge is 0.744 e. The van der Waals surface area contributed by atoms with Gasteiger partial charge in [0, 0.05) is 0 Å². The molecule has 0 unspecified atom stereocenters. The summed E-state index contributed by atoms with van der Waals surface area (Å²) in [5.41, 5.74) is 0. The zero-order chi connectivity index (χ0) is 13.6. The van der Waals surface area contributed by atoms with Gasteiger partial charge >= 0.3 is 37.7 Å². The molecule has 0 N–H and O–H groups in total. The van der Waals surface area contributed by atoms with Crippen LogP contribution in [-0.4, -0.2) is 25.9 Å². The molecule has 0 atom stereocenters.